The lowest BCUT2D eigenvalue weighted by Gasteiger charge is -2.38. The van der Waals surface area contributed by atoms with E-state index in [2.05, 4.69) is 54.6 Å². The van der Waals surface area contributed by atoms with Crippen LogP contribution in [0, 0.1) is 6.92 Å². The molecule has 1 aliphatic heterocycles. The van der Waals surface area contributed by atoms with Gasteiger partial charge in [0.15, 0.2) is 5.58 Å². The number of piperazine rings is 1. The molecular formula is C23H26N8O2. The molecule has 0 aliphatic carbocycles. The summed E-state index contributed by atoms with van der Waals surface area (Å²) in [5, 5.41) is 9.99. The minimum absolute atomic E-state index is 0.390. The third kappa shape index (κ3) is 4.51. The molecule has 2 atom stereocenters. The Morgan fingerprint density at radius 2 is 1.94 bits per heavy atom. The molecular weight excluding hydrogens is 420 g/mol. The number of aryl methyl sites for hydroxylation is 1. The van der Waals surface area contributed by atoms with Crippen LogP contribution in [-0.4, -0.2) is 45.1 Å². The van der Waals surface area contributed by atoms with E-state index in [4.69, 9.17) is 4.42 Å². The number of nitrogens with one attached hydrogen (secondary N) is 4. The van der Waals surface area contributed by atoms with Gasteiger partial charge in [-0.1, -0.05) is 0 Å². The van der Waals surface area contributed by atoms with E-state index in [1.54, 1.807) is 24.5 Å². The monoisotopic (exact) mass is 446 g/mol. The lowest BCUT2D eigenvalue weighted by molar-refractivity contribution is 0.422. The van der Waals surface area contributed by atoms with Gasteiger partial charge in [-0.3, -0.25) is 4.98 Å². The SMILES string of the molecule is Cc1cnc(Nc2ccc(N3CC(C)NCC3C)nc2)nc1Nc1ccc2oc(=O)[nH]c2c1. The van der Waals surface area contributed by atoms with Gasteiger partial charge in [0.1, 0.15) is 11.6 Å². The Labute approximate surface area is 190 Å². The molecule has 0 saturated carbocycles. The van der Waals surface area contributed by atoms with Crippen molar-refractivity contribution in [2.24, 2.45) is 0 Å². The fraction of sp³-hybridized carbons (Fsp3) is 0.304. The molecule has 10 nitrogen and oxygen atoms in total. The van der Waals surface area contributed by atoms with Gasteiger partial charge in [-0.25, -0.2) is 14.8 Å². The van der Waals surface area contributed by atoms with Crippen LogP contribution in [0.15, 0.2) is 51.9 Å². The molecule has 1 aliphatic rings. The number of nitrogens with zero attached hydrogens (tertiary/aromatic N) is 4. The molecule has 170 valence electrons. The van der Waals surface area contributed by atoms with Crippen molar-refractivity contribution < 1.29 is 4.42 Å². The number of fused-ring (bicyclic) bond motifs is 1. The van der Waals surface area contributed by atoms with Crippen molar-refractivity contribution >= 4 is 40.1 Å². The third-order valence-corrected chi connectivity index (χ3v) is 5.72. The van der Waals surface area contributed by atoms with Crippen molar-refractivity contribution in [1.82, 2.24) is 25.3 Å². The van der Waals surface area contributed by atoms with Crippen LogP contribution in [0.2, 0.25) is 0 Å². The quantitative estimate of drug-likeness (QED) is 0.365. The number of rotatable bonds is 5. The highest BCUT2D eigenvalue weighted by Gasteiger charge is 2.23. The molecule has 0 amide bonds. The highest BCUT2D eigenvalue weighted by molar-refractivity contribution is 5.78. The number of aromatic amines is 1. The number of benzene rings is 1. The average molecular weight is 447 g/mol. The van der Waals surface area contributed by atoms with E-state index >= 15 is 0 Å². The molecule has 4 heterocycles. The Morgan fingerprint density at radius 3 is 2.76 bits per heavy atom. The number of oxazole rings is 1. The molecule has 10 heteroatoms. The van der Waals surface area contributed by atoms with Crippen molar-refractivity contribution in [2.45, 2.75) is 32.9 Å². The van der Waals surface area contributed by atoms with Gasteiger partial charge in [0, 0.05) is 42.6 Å². The summed E-state index contributed by atoms with van der Waals surface area (Å²) in [5.74, 6) is 1.60. The van der Waals surface area contributed by atoms with Gasteiger partial charge in [-0.2, -0.15) is 4.98 Å². The Morgan fingerprint density at radius 1 is 1.09 bits per heavy atom. The first kappa shape index (κ1) is 21.0. The largest absolute Gasteiger partial charge is 0.417 e. The minimum Gasteiger partial charge on any atom is -0.408 e. The molecule has 1 saturated heterocycles. The van der Waals surface area contributed by atoms with Gasteiger partial charge in [-0.05, 0) is 51.1 Å². The van der Waals surface area contributed by atoms with Gasteiger partial charge in [0.05, 0.1) is 17.4 Å². The zero-order valence-electron chi connectivity index (χ0n) is 18.7. The molecule has 4 N–H and O–H groups in total. The number of anilines is 5. The summed E-state index contributed by atoms with van der Waals surface area (Å²) >= 11 is 0. The maximum atomic E-state index is 11.4. The Kier molecular flexibility index (Phi) is 5.43. The van der Waals surface area contributed by atoms with Crippen LogP contribution < -0.4 is 26.6 Å². The second kappa shape index (κ2) is 8.55. The van der Waals surface area contributed by atoms with Crippen molar-refractivity contribution in [1.29, 1.82) is 0 Å². The normalized spacial score (nSPS) is 18.5. The van der Waals surface area contributed by atoms with Gasteiger partial charge in [-0.15, -0.1) is 0 Å². The van der Waals surface area contributed by atoms with Crippen molar-refractivity contribution in [3.05, 3.63) is 58.8 Å². The average Bonchev–Trinajstić information content (AvgIpc) is 3.17. The van der Waals surface area contributed by atoms with E-state index in [1.165, 1.54) is 0 Å². The molecule has 0 radical (unpaired) electrons. The van der Waals surface area contributed by atoms with E-state index < -0.39 is 5.76 Å². The van der Waals surface area contributed by atoms with Crippen LogP contribution in [0.3, 0.4) is 0 Å². The van der Waals surface area contributed by atoms with Crippen LogP contribution in [-0.2, 0) is 0 Å². The molecule has 4 aromatic rings. The number of hydrogen-bond acceptors (Lipinski definition) is 9. The topological polar surface area (TPSA) is 124 Å². The van der Waals surface area contributed by atoms with Crippen molar-refractivity contribution in [2.75, 3.05) is 28.6 Å². The lowest BCUT2D eigenvalue weighted by Crippen LogP contribution is -2.54. The molecule has 2 unspecified atom stereocenters. The fourth-order valence-corrected chi connectivity index (χ4v) is 3.90. The molecule has 3 aromatic heterocycles. The fourth-order valence-electron chi connectivity index (χ4n) is 3.90. The molecule has 0 bridgehead atoms. The zero-order chi connectivity index (χ0) is 22.9. The van der Waals surface area contributed by atoms with Gasteiger partial charge in [0.25, 0.3) is 0 Å². The van der Waals surface area contributed by atoms with Crippen LogP contribution in [0.25, 0.3) is 11.1 Å². The zero-order valence-corrected chi connectivity index (χ0v) is 18.7. The second-order valence-corrected chi connectivity index (χ2v) is 8.42. The standard InChI is InChI=1S/C23H26N8O2/c1-13-9-26-22(30-21(13)27-16-4-6-19-18(8-16)29-23(32)33-19)28-17-5-7-20(25-11-17)31-12-14(2)24-10-15(31)3/h4-9,11,14-15,24H,10,12H2,1-3H3,(H,29,32)(H2,26,27,28,30). The smallest absolute Gasteiger partial charge is 0.408 e. The first-order chi connectivity index (χ1) is 15.9. The minimum atomic E-state index is -0.479. The summed E-state index contributed by atoms with van der Waals surface area (Å²) in [6.45, 7) is 8.18. The summed E-state index contributed by atoms with van der Waals surface area (Å²) in [6, 6.07) is 10.2. The maximum Gasteiger partial charge on any atom is 0.417 e. The summed E-state index contributed by atoms with van der Waals surface area (Å²) in [6.07, 6.45) is 3.55. The predicted molar refractivity (Wildman–Crippen MR) is 129 cm³/mol. The van der Waals surface area contributed by atoms with Gasteiger partial charge >= 0.3 is 5.76 Å². The van der Waals surface area contributed by atoms with E-state index in [1.807, 2.05) is 25.1 Å². The predicted octanol–water partition coefficient (Wildman–Crippen LogP) is 3.29. The van der Waals surface area contributed by atoms with Gasteiger partial charge < -0.3 is 25.3 Å². The molecule has 5 rings (SSSR count). The Bertz CT molecular complexity index is 1330. The molecule has 1 aromatic carbocycles. The summed E-state index contributed by atoms with van der Waals surface area (Å²) < 4.78 is 5.05. The summed E-state index contributed by atoms with van der Waals surface area (Å²) in [5.41, 5.74) is 3.60. The molecule has 33 heavy (non-hydrogen) atoms. The highest BCUT2D eigenvalue weighted by Crippen LogP contribution is 2.24. The number of H-pyrrole nitrogens is 1. The lowest BCUT2D eigenvalue weighted by atomic mass is 10.1. The first-order valence-corrected chi connectivity index (χ1v) is 10.9. The number of pyridine rings is 1. The van der Waals surface area contributed by atoms with Gasteiger partial charge in [0.2, 0.25) is 5.95 Å². The number of hydrogen-bond donors (Lipinski definition) is 4. The van der Waals surface area contributed by atoms with Crippen LogP contribution in [0.4, 0.5) is 29.0 Å². The van der Waals surface area contributed by atoms with E-state index in [0.29, 0.717) is 34.9 Å². The van der Waals surface area contributed by atoms with E-state index in [-0.39, 0.29) is 0 Å². The van der Waals surface area contributed by atoms with E-state index in [9.17, 15) is 4.79 Å². The maximum absolute atomic E-state index is 11.4. The Hall–Kier alpha value is -3.92. The molecule has 0 spiro atoms. The highest BCUT2D eigenvalue weighted by atomic mass is 16.4. The van der Waals surface area contributed by atoms with Crippen LogP contribution in [0.1, 0.15) is 19.4 Å². The first-order valence-electron chi connectivity index (χ1n) is 10.9. The van der Waals surface area contributed by atoms with Crippen LogP contribution >= 0.6 is 0 Å². The summed E-state index contributed by atoms with van der Waals surface area (Å²) in [4.78, 5) is 30.0. The van der Waals surface area contributed by atoms with Crippen molar-refractivity contribution in [3.63, 3.8) is 0 Å². The van der Waals surface area contributed by atoms with E-state index in [0.717, 1.165) is 35.8 Å². The Balaban J connectivity index is 1.32. The number of aromatic nitrogens is 4. The third-order valence-electron chi connectivity index (χ3n) is 5.72. The van der Waals surface area contributed by atoms with Crippen LogP contribution in [0.5, 0.6) is 0 Å². The summed E-state index contributed by atoms with van der Waals surface area (Å²) in [7, 11) is 0. The van der Waals surface area contributed by atoms with Crippen molar-refractivity contribution in [3.8, 4) is 0 Å². The second-order valence-electron chi connectivity index (χ2n) is 8.42. The molecule has 1 fully saturated rings.